The van der Waals surface area contributed by atoms with Crippen LogP contribution in [0.2, 0.25) is 0 Å². The number of benzene rings is 1. The van der Waals surface area contributed by atoms with Crippen LogP contribution in [0.5, 0.6) is 0 Å². The minimum atomic E-state index is 0.144. The number of halogens is 1. The van der Waals surface area contributed by atoms with Crippen molar-refractivity contribution >= 4 is 38.8 Å². The zero-order valence-corrected chi connectivity index (χ0v) is 13.8. The highest BCUT2D eigenvalue weighted by Gasteiger charge is 2.16. The van der Waals surface area contributed by atoms with Crippen LogP contribution in [0.25, 0.3) is 0 Å². The molecule has 0 bridgehead atoms. The van der Waals surface area contributed by atoms with Gasteiger partial charge in [-0.2, -0.15) is 0 Å². The normalized spacial score (nSPS) is 10.8. The van der Waals surface area contributed by atoms with Crippen molar-refractivity contribution < 1.29 is 5.11 Å². The summed E-state index contributed by atoms with van der Waals surface area (Å²) in [7, 11) is 0. The Balaban J connectivity index is 3.09. The van der Waals surface area contributed by atoms with Gasteiger partial charge in [-0.3, -0.25) is 0 Å². The molecule has 0 amide bonds. The van der Waals surface area contributed by atoms with Crippen LogP contribution in [-0.2, 0) is 0 Å². The number of aliphatic hydroxyl groups is 1. The molecular formula is C14H21BrN2OS. The fourth-order valence-corrected chi connectivity index (χ4v) is 3.13. The lowest BCUT2D eigenvalue weighted by atomic mass is 10.1. The predicted octanol–water partition coefficient (Wildman–Crippen LogP) is 3.07. The second-order valence-corrected chi connectivity index (χ2v) is 5.71. The Morgan fingerprint density at radius 1 is 1.42 bits per heavy atom. The van der Waals surface area contributed by atoms with Crippen molar-refractivity contribution in [3.63, 3.8) is 0 Å². The van der Waals surface area contributed by atoms with Crippen molar-refractivity contribution in [2.24, 2.45) is 5.73 Å². The molecule has 0 aliphatic carbocycles. The maximum atomic E-state index is 9.26. The predicted molar refractivity (Wildman–Crippen MR) is 88.8 cm³/mol. The summed E-state index contributed by atoms with van der Waals surface area (Å²) in [6.07, 6.45) is 2.09. The minimum Gasteiger partial charge on any atom is -0.395 e. The first-order valence-corrected chi connectivity index (χ1v) is 7.72. The van der Waals surface area contributed by atoms with Crippen LogP contribution >= 0.6 is 28.1 Å². The van der Waals surface area contributed by atoms with Gasteiger partial charge in [0.2, 0.25) is 0 Å². The molecule has 0 saturated carbocycles. The van der Waals surface area contributed by atoms with E-state index in [2.05, 4.69) is 34.7 Å². The third-order valence-corrected chi connectivity index (χ3v) is 4.15. The van der Waals surface area contributed by atoms with E-state index in [9.17, 15) is 5.11 Å². The van der Waals surface area contributed by atoms with E-state index in [-0.39, 0.29) is 6.61 Å². The molecule has 0 spiro atoms. The Bertz CT molecular complexity index is 435. The molecule has 0 aliphatic rings. The number of nitrogens with two attached hydrogens (primary N) is 1. The maximum Gasteiger partial charge on any atom is 0.105 e. The summed E-state index contributed by atoms with van der Waals surface area (Å²) in [5.74, 6) is 0. The van der Waals surface area contributed by atoms with Gasteiger partial charge in [-0.1, -0.05) is 26.1 Å². The van der Waals surface area contributed by atoms with E-state index in [1.54, 1.807) is 0 Å². The van der Waals surface area contributed by atoms with Gasteiger partial charge in [0.25, 0.3) is 0 Å². The quantitative estimate of drug-likeness (QED) is 0.746. The van der Waals surface area contributed by atoms with Crippen molar-refractivity contribution in [2.45, 2.75) is 32.7 Å². The Kier molecular flexibility index (Phi) is 6.75. The summed E-state index contributed by atoms with van der Waals surface area (Å²) in [6, 6.07) is 6.37. The van der Waals surface area contributed by atoms with E-state index < -0.39 is 0 Å². The van der Waals surface area contributed by atoms with E-state index in [1.807, 2.05) is 18.2 Å². The smallest absolute Gasteiger partial charge is 0.105 e. The first-order chi connectivity index (χ1) is 9.04. The lowest BCUT2D eigenvalue weighted by Crippen LogP contribution is -2.36. The summed E-state index contributed by atoms with van der Waals surface area (Å²) in [5.41, 5.74) is 7.58. The fourth-order valence-electron chi connectivity index (χ4n) is 2.24. The number of hydrogen-bond donors (Lipinski definition) is 2. The second-order valence-electron chi connectivity index (χ2n) is 4.42. The summed E-state index contributed by atoms with van der Waals surface area (Å²) in [4.78, 5) is 2.61. The fraction of sp³-hybridized carbons (Fsp3) is 0.500. The van der Waals surface area contributed by atoms with Gasteiger partial charge < -0.3 is 15.7 Å². The van der Waals surface area contributed by atoms with Gasteiger partial charge in [-0.05, 0) is 47.0 Å². The van der Waals surface area contributed by atoms with Crippen LogP contribution in [0.4, 0.5) is 5.69 Å². The van der Waals surface area contributed by atoms with E-state index >= 15 is 0 Å². The Labute approximate surface area is 128 Å². The molecule has 3 nitrogen and oxygen atoms in total. The first-order valence-electron chi connectivity index (χ1n) is 6.51. The van der Waals surface area contributed by atoms with Crippen LogP contribution < -0.4 is 10.6 Å². The monoisotopic (exact) mass is 344 g/mol. The van der Waals surface area contributed by atoms with Gasteiger partial charge in [-0.15, -0.1) is 0 Å². The molecule has 5 heteroatoms. The highest BCUT2D eigenvalue weighted by atomic mass is 79.9. The van der Waals surface area contributed by atoms with Crippen LogP contribution in [0, 0.1) is 0 Å². The summed E-state index contributed by atoms with van der Waals surface area (Å²) in [5, 5.41) is 9.26. The summed E-state index contributed by atoms with van der Waals surface area (Å²) < 4.78 is 0.895. The average molecular weight is 345 g/mol. The van der Waals surface area contributed by atoms with Crippen molar-refractivity contribution in [3.05, 3.63) is 28.2 Å². The molecule has 0 heterocycles. The van der Waals surface area contributed by atoms with Gasteiger partial charge in [0.15, 0.2) is 0 Å². The molecule has 0 unspecified atom stereocenters. The van der Waals surface area contributed by atoms with Crippen LogP contribution in [-0.4, -0.2) is 29.3 Å². The van der Waals surface area contributed by atoms with Gasteiger partial charge in [0.1, 0.15) is 4.99 Å². The summed E-state index contributed by atoms with van der Waals surface area (Å²) >= 11 is 8.50. The van der Waals surface area contributed by atoms with Gasteiger partial charge in [0.05, 0.1) is 6.61 Å². The summed E-state index contributed by atoms with van der Waals surface area (Å²) in [6.45, 7) is 5.10. The zero-order valence-electron chi connectivity index (χ0n) is 11.4. The standard InChI is InChI=1S/C14H21BrN2OS/c1-3-10(4-2)17(7-8-18)11-5-6-12(14(16)19)13(15)9-11/h5-6,9-10,18H,3-4,7-8H2,1-2H3,(H2,16,19). The molecule has 19 heavy (non-hydrogen) atoms. The topological polar surface area (TPSA) is 49.5 Å². The van der Waals surface area contributed by atoms with Crippen LogP contribution in [0.1, 0.15) is 32.3 Å². The highest BCUT2D eigenvalue weighted by Crippen LogP contribution is 2.26. The molecule has 1 aromatic carbocycles. The molecular weight excluding hydrogens is 324 g/mol. The molecule has 0 aromatic heterocycles. The van der Waals surface area contributed by atoms with Crippen molar-refractivity contribution in [3.8, 4) is 0 Å². The number of thiocarbonyl (C=S) groups is 1. The van der Waals surface area contributed by atoms with Crippen molar-refractivity contribution in [2.75, 3.05) is 18.1 Å². The molecule has 1 aromatic rings. The van der Waals surface area contributed by atoms with E-state index in [0.29, 0.717) is 17.6 Å². The average Bonchev–Trinajstić information content (AvgIpc) is 2.38. The molecule has 3 N–H and O–H groups in total. The molecule has 0 fully saturated rings. The SMILES string of the molecule is CCC(CC)N(CCO)c1ccc(C(N)=S)c(Br)c1. The van der Waals surface area contributed by atoms with Crippen molar-refractivity contribution in [1.29, 1.82) is 0 Å². The first kappa shape index (κ1) is 16.4. The van der Waals surface area contributed by atoms with E-state index in [4.69, 9.17) is 18.0 Å². The second kappa shape index (κ2) is 7.82. The lowest BCUT2D eigenvalue weighted by molar-refractivity contribution is 0.296. The molecule has 0 radical (unpaired) electrons. The van der Waals surface area contributed by atoms with Crippen molar-refractivity contribution in [1.82, 2.24) is 0 Å². The molecule has 106 valence electrons. The Morgan fingerprint density at radius 3 is 2.47 bits per heavy atom. The lowest BCUT2D eigenvalue weighted by Gasteiger charge is -2.32. The Hall–Kier alpha value is -0.650. The van der Waals surface area contributed by atoms with E-state index in [0.717, 1.165) is 28.6 Å². The Morgan fingerprint density at radius 2 is 2.05 bits per heavy atom. The maximum absolute atomic E-state index is 9.26. The van der Waals surface area contributed by atoms with Gasteiger partial charge in [-0.25, -0.2) is 0 Å². The minimum absolute atomic E-state index is 0.144. The molecule has 0 aliphatic heterocycles. The third kappa shape index (κ3) is 4.16. The molecule has 0 saturated heterocycles. The molecule has 1 rings (SSSR count). The largest absolute Gasteiger partial charge is 0.395 e. The van der Waals surface area contributed by atoms with Crippen LogP contribution in [0.3, 0.4) is 0 Å². The number of aliphatic hydroxyl groups excluding tert-OH is 1. The van der Waals surface area contributed by atoms with Gasteiger partial charge in [0, 0.05) is 28.3 Å². The third-order valence-electron chi connectivity index (χ3n) is 3.27. The zero-order chi connectivity index (χ0) is 14.4. The van der Waals surface area contributed by atoms with Crippen LogP contribution in [0.15, 0.2) is 22.7 Å². The number of hydrogen-bond acceptors (Lipinski definition) is 3. The molecule has 0 atom stereocenters. The highest BCUT2D eigenvalue weighted by molar-refractivity contribution is 9.10. The van der Waals surface area contributed by atoms with Gasteiger partial charge >= 0.3 is 0 Å². The van der Waals surface area contributed by atoms with E-state index in [1.165, 1.54) is 0 Å². The number of nitrogens with zero attached hydrogens (tertiary/aromatic N) is 1. The number of rotatable bonds is 7. The number of anilines is 1.